The van der Waals surface area contributed by atoms with Crippen LogP contribution in [0.5, 0.6) is 11.5 Å². The maximum Gasteiger partial charge on any atom is 0.341 e. The molecule has 1 aromatic heterocycles. The average molecular weight is 582 g/mol. The highest BCUT2D eigenvalue weighted by Crippen LogP contribution is 2.38. The van der Waals surface area contributed by atoms with Crippen LogP contribution in [0.1, 0.15) is 46.1 Å². The fraction of sp³-hybridized carbons (Fsp3) is 0.231. The van der Waals surface area contributed by atoms with Crippen LogP contribution in [0.25, 0.3) is 0 Å². The molecule has 0 saturated heterocycles. The summed E-state index contributed by atoms with van der Waals surface area (Å²) in [5.41, 5.74) is 2.59. The molecule has 0 saturated carbocycles. The summed E-state index contributed by atoms with van der Waals surface area (Å²) >= 11 is 1.25. The number of benzene rings is 2. The molecule has 14 nitrogen and oxygen atoms in total. The number of fused-ring (bicyclic) bond motifs is 1. The Morgan fingerprint density at radius 1 is 1.05 bits per heavy atom. The first-order chi connectivity index (χ1) is 19.7. The van der Waals surface area contributed by atoms with E-state index in [-0.39, 0.29) is 28.7 Å². The first-order valence-corrected chi connectivity index (χ1v) is 13.2. The Hall–Kier alpha value is -5.18. The molecule has 0 aliphatic heterocycles. The summed E-state index contributed by atoms with van der Waals surface area (Å²) in [7, 11) is 0. The number of ether oxygens (including phenoxy) is 2. The molecule has 212 valence electrons. The van der Waals surface area contributed by atoms with E-state index >= 15 is 0 Å². The van der Waals surface area contributed by atoms with Crippen molar-refractivity contribution in [2.24, 2.45) is 5.10 Å². The van der Waals surface area contributed by atoms with Crippen molar-refractivity contribution in [1.29, 1.82) is 0 Å². The fourth-order valence-corrected chi connectivity index (χ4v) is 5.36. The molecule has 0 atom stereocenters. The minimum Gasteiger partial charge on any atom is -0.462 e. The third kappa shape index (κ3) is 6.88. The number of rotatable bonds is 9. The summed E-state index contributed by atoms with van der Waals surface area (Å²) < 4.78 is 10.7. The van der Waals surface area contributed by atoms with E-state index in [0.717, 1.165) is 47.9 Å². The van der Waals surface area contributed by atoms with Gasteiger partial charge in [0.2, 0.25) is 5.75 Å². The maximum absolute atomic E-state index is 12.6. The molecule has 1 aliphatic rings. The second-order valence-corrected chi connectivity index (χ2v) is 9.73. The molecule has 41 heavy (non-hydrogen) atoms. The highest BCUT2D eigenvalue weighted by Gasteiger charge is 2.28. The van der Waals surface area contributed by atoms with Gasteiger partial charge < -0.3 is 14.8 Å². The number of non-ortho nitro benzene ring substituents is 1. The van der Waals surface area contributed by atoms with Gasteiger partial charge >= 0.3 is 23.5 Å². The summed E-state index contributed by atoms with van der Waals surface area (Å²) in [4.78, 5) is 59.2. The maximum atomic E-state index is 12.6. The number of carbonyl (C=O) groups is 3. The molecule has 3 aromatic rings. The molecular formula is C26H23N5O9S. The van der Waals surface area contributed by atoms with Crippen LogP contribution in [0.15, 0.2) is 47.6 Å². The van der Waals surface area contributed by atoms with Gasteiger partial charge in [0, 0.05) is 10.9 Å². The van der Waals surface area contributed by atoms with Crippen LogP contribution in [0.4, 0.5) is 16.4 Å². The van der Waals surface area contributed by atoms with E-state index in [0.29, 0.717) is 12.0 Å². The standard InChI is InChI=1S/C26H23N5O9S/c1-2-39-26(34)22-18-8-3-4-9-21(18)41-25(22)28-23(32)24(33)29-27-14-15-6-5-7-17(12-15)40-20-11-10-16(30(35)36)13-19(20)31(37)38/h5-7,10-14H,2-4,8-9H2,1H3,(H,28,32)(H,29,33)/b27-14+. The van der Waals surface area contributed by atoms with Crippen LogP contribution in [0.3, 0.4) is 0 Å². The Labute approximate surface area is 236 Å². The number of nitro benzene ring substituents is 2. The number of nitrogens with one attached hydrogen (secondary N) is 2. The predicted octanol–water partition coefficient (Wildman–Crippen LogP) is 4.50. The Morgan fingerprint density at radius 2 is 1.83 bits per heavy atom. The van der Waals surface area contributed by atoms with Gasteiger partial charge in [-0.15, -0.1) is 11.3 Å². The molecule has 2 N–H and O–H groups in total. The number of nitrogens with zero attached hydrogens (tertiary/aromatic N) is 3. The van der Waals surface area contributed by atoms with Gasteiger partial charge in [-0.05, 0) is 61.9 Å². The van der Waals surface area contributed by atoms with E-state index in [1.54, 1.807) is 19.1 Å². The summed E-state index contributed by atoms with van der Waals surface area (Å²) in [6.45, 7) is 1.85. The largest absolute Gasteiger partial charge is 0.462 e. The highest BCUT2D eigenvalue weighted by atomic mass is 32.1. The highest BCUT2D eigenvalue weighted by molar-refractivity contribution is 7.17. The first-order valence-electron chi connectivity index (χ1n) is 12.3. The van der Waals surface area contributed by atoms with E-state index < -0.39 is 39.0 Å². The van der Waals surface area contributed by atoms with Gasteiger partial charge in [-0.1, -0.05) is 12.1 Å². The van der Waals surface area contributed by atoms with Gasteiger partial charge in [-0.3, -0.25) is 29.8 Å². The number of aryl methyl sites for hydroxylation is 1. The SMILES string of the molecule is CCOC(=O)c1c(NC(=O)C(=O)N/N=C/c2cccc(Oc3ccc([N+](=O)[O-])cc3[N+](=O)[O-])c2)sc2c1CCCC2. The zero-order valence-electron chi connectivity index (χ0n) is 21.6. The van der Waals surface area contributed by atoms with Gasteiger partial charge in [-0.2, -0.15) is 5.10 Å². The van der Waals surface area contributed by atoms with Gasteiger partial charge in [0.1, 0.15) is 10.8 Å². The van der Waals surface area contributed by atoms with Gasteiger partial charge in [0.05, 0.1) is 34.3 Å². The first kappa shape index (κ1) is 28.8. The molecule has 2 aromatic carbocycles. The third-order valence-electron chi connectivity index (χ3n) is 5.90. The van der Waals surface area contributed by atoms with Crippen molar-refractivity contribution in [2.45, 2.75) is 32.6 Å². The minimum absolute atomic E-state index is 0.156. The number of hydrogen-bond acceptors (Lipinski definition) is 11. The molecule has 15 heteroatoms. The van der Waals surface area contributed by atoms with E-state index in [1.807, 2.05) is 0 Å². The second kappa shape index (κ2) is 12.8. The van der Waals surface area contributed by atoms with Crippen molar-refractivity contribution in [3.05, 3.63) is 84.3 Å². The molecule has 1 heterocycles. The molecule has 0 radical (unpaired) electrons. The predicted molar refractivity (Wildman–Crippen MR) is 148 cm³/mol. The number of hydrogen-bond donors (Lipinski definition) is 2. The Balaban J connectivity index is 1.42. The average Bonchev–Trinajstić information content (AvgIpc) is 3.31. The topological polar surface area (TPSA) is 192 Å². The number of amides is 2. The van der Waals surface area contributed by atoms with E-state index in [2.05, 4.69) is 15.8 Å². The van der Waals surface area contributed by atoms with Crippen LogP contribution in [-0.2, 0) is 27.2 Å². The van der Waals surface area contributed by atoms with E-state index in [4.69, 9.17) is 9.47 Å². The number of hydrazone groups is 1. The number of anilines is 1. The number of thiophene rings is 1. The minimum atomic E-state index is -1.07. The zero-order valence-corrected chi connectivity index (χ0v) is 22.4. The van der Waals surface area contributed by atoms with Crippen molar-refractivity contribution in [3.63, 3.8) is 0 Å². The van der Waals surface area contributed by atoms with Crippen LogP contribution in [-0.4, -0.2) is 40.5 Å². The van der Waals surface area contributed by atoms with Crippen molar-refractivity contribution < 1.29 is 33.7 Å². The van der Waals surface area contributed by atoms with Crippen molar-refractivity contribution in [3.8, 4) is 11.5 Å². The molecule has 2 amide bonds. The Morgan fingerprint density at radius 3 is 2.56 bits per heavy atom. The second-order valence-electron chi connectivity index (χ2n) is 8.63. The number of nitro groups is 2. The summed E-state index contributed by atoms with van der Waals surface area (Å²) in [5, 5.41) is 28.8. The lowest BCUT2D eigenvalue weighted by molar-refractivity contribution is -0.394. The smallest absolute Gasteiger partial charge is 0.341 e. The van der Waals surface area contributed by atoms with Crippen molar-refractivity contribution >= 4 is 51.7 Å². The molecular weight excluding hydrogens is 558 g/mol. The summed E-state index contributed by atoms with van der Waals surface area (Å²) in [6, 6.07) is 9.08. The lowest BCUT2D eigenvalue weighted by Crippen LogP contribution is -2.32. The van der Waals surface area contributed by atoms with E-state index in [1.165, 1.54) is 29.7 Å². The lowest BCUT2D eigenvalue weighted by atomic mass is 9.95. The van der Waals surface area contributed by atoms with Crippen molar-refractivity contribution in [2.75, 3.05) is 11.9 Å². The van der Waals surface area contributed by atoms with Crippen LogP contribution < -0.4 is 15.5 Å². The molecule has 0 spiro atoms. The molecule has 1 aliphatic carbocycles. The van der Waals surface area contributed by atoms with Crippen LogP contribution in [0.2, 0.25) is 0 Å². The van der Waals surface area contributed by atoms with Crippen molar-refractivity contribution in [1.82, 2.24) is 5.43 Å². The molecule has 0 fully saturated rings. The molecule has 4 rings (SSSR count). The fourth-order valence-electron chi connectivity index (χ4n) is 4.08. The summed E-state index contributed by atoms with van der Waals surface area (Å²) in [5.74, 6) is -2.70. The third-order valence-corrected chi connectivity index (χ3v) is 7.11. The van der Waals surface area contributed by atoms with Gasteiger partial charge in [0.15, 0.2) is 0 Å². The van der Waals surface area contributed by atoms with Crippen LogP contribution in [0, 0.1) is 20.2 Å². The summed E-state index contributed by atoms with van der Waals surface area (Å²) in [6.07, 6.45) is 4.56. The molecule has 0 bridgehead atoms. The van der Waals surface area contributed by atoms with Gasteiger partial charge in [-0.25, -0.2) is 10.2 Å². The Kier molecular flexibility index (Phi) is 8.98. The van der Waals surface area contributed by atoms with Crippen LogP contribution >= 0.6 is 11.3 Å². The molecule has 0 unspecified atom stereocenters. The van der Waals surface area contributed by atoms with Gasteiger partial charge in [0.25, 0.3) is 5.69 Å². The lowest BCUT2D eigenvalue weighted by Gasteiger charge is -2.12. The Bertz CT molecular complexity index is 1570. The monoisotopic (exact) mass is 581 g/mol. The zero-order chi connectivity index (χ0) is 29.5. The van der Waals surface area contributed by atoms with E-state index in [9.17, 15) is 34.6 Å². The quantitative estimate of drug-likeness (QED) is 0.120. The number of carbonyl (C=O) groups excluding carboxylic acids is 3. The normalized spacial score (nSPS) is 12.3. The number of esters is 1.